The molecule has 0 aromatic carbocycles. The lowest BCUT2D eigenvalue weighted by atomic mass is 10.1. The molecule has 0 spiro atoms. The van der Waals surface area contributed by atoms with Crippen LogP contribution in [0.3, 0.4) is 0 Å². The van der Waals surface area contributed by atoms with Gasteiger partial charge in [-0.3, -0.25) is 0 Å². The van der Waals surface area contributed by atoms with Gasteiger partial charge in [0.15, 0.2) is 0 Å². The minimum Gasteiger partial charge on any atom is -0.308 e. The second kappa shape index (κ2) is 7.30. The number of rotatable bonds is 6. The maximum atomic E-state index is 4.61. The average Bonchev–Trinajstić information content (AvgIpc) is 2.34. The van der Waals surface area contributed by atoms with E-state index >= 15 is 0 Å². The zero-order chi connectivity index (χ0) is 14.5. The Labute approximate surface area is 122 Å². The van der Waals surface area contributed by atoms with Gasteiger partial charge in [-0.05, 0) is 44.7 Å². The van der Waals surface area contributed by atoms with E-state index in [1.54, 1.807) is 0 Å². The van der Waals surface area contributed by atoms with Gasteiger partial charge in [-0.1, -0.05) is 26.3 Å². The second-order valence-electron chi connectivity index (χ2n) is 6.39. The standard InChI is InChI=1S/C16H28N2S/c1-7-12(2)11-19-15-13(3)8-14(9-17-15)10-18-16(4,5)6/h8-9,12,18H,7,10-11H2,1-6H3. The van der Waals surface area contributed by atoms with Gasteiger partial charge < -0.3 is 5.32 Å². The number of pyridine rings is 1. The Bertz CT molecular complexity index is 396. The van der Waals surface area contributed by atoms with Gasteiger partial charge in [0, 0.05) is 24.0 Å². The molecule has 19 heavy (non-hydrogen) atoms. The molecule has 0 aliphatic rings. The van der Waals surface area contributed by atoms with Crippen molar-refractivity contribution in [3.8, 4) is 0 Å². The van der Waals surface area contributed by atoms with E-state index in [0.29, 0.717) is 0 Å². The predicted molar refractivity (Wildman–Crippen MR) is 85.7 cm³/mol. The SMILES string of the molecule is CCC(C)CSc1ncc(CNC(C)(C)C)cc1C. The van der Waals surface area contributed by atoms with E-state index in [1.807, 2.05) is 18.0 Å². The molecule has 1 N–H and O–H groups in total. The number of nitrogens with zero attached hydrogens (tertiary/aromatic N) is 1. The smallest absolute Gasteiger partial charge is 0.0989 e. The molecule has 108 valence electrons. The van der Waals surface area contributed by atoms with E-state index in [2.05, 4.69) is 57.9 Å². The van der Waals surface area contributed by atoms with Crippen LogP contribution in [0.25, 0.3) is 0 Å². The molecule has 1 rings (SSSR count). The van der Waals surface area contributed by atoms with Crippen LogP contribution in [0.15, 0.2) is 17.3 Å². The summed E-state index contributed by atoms with van der Waals surface area (Å²) in [5, 5.41) is 4.68. The van der Waals surface area contributed by atoms with Gasteiger partial charge in [0.05, 0.1) is 5.03 Å². The fraction of sp³-hybridized carbons (Fsp3) is 0.688. The molecule has 1 aromatic rings. The van der Waals surface area contributed by atoms with Gasteiger partial charge in [-0.15, -0.1) is 11.8 Å². The molecule has 0 aliphatic carbocycles. The molecule has 1 unspecified atom stereocenters. The first-order valence-corrected chi connectivity index (χ1v) is 8.13. The Balaban J connectivity index is 2.59. The van der Waals surface area contributed by atoms with Gasteiger partial charge in [-0.25, -0.2) is 4.98 Å². The highest BCUT2D eigenvalue weighted by molar-refractivity contribution is 7.99. The Morgan fingerprint density at radius 2 is 2.05 bits per heavy atom. The molecule has 3 heteroatoms. The first kappa shape index (κ1) is 16.5. The van der Waals surface area contributed by atoms with Crippen LogP contribution in [0, 0.1) is 12.8 Å². The number of nitrogens with one attached hydrogen (secondary N) is 1. The van der Waals surface area contributed by atoms with Gasteiger partial charge in [0.2, 0.25) is 0 Å². The largest absolute Gasteiger partial charge is 0.308 e. The van der Waals surface area contributed by atoms with Crippen molar-refractivity contribution in [1.82, 2.24) is 10.3 Å². The molecule has 0 saturated heterocycles. The summed E-state index contributed by atoms with van der Waals surface area (Å²) in [5.41, 5.74) is 2.71. The lowest BCUT2D eigenvalue weighted by molar-refractivity contribution is 0.424. The van der Waals surface area contributed by atoms with Gasteiger partial charge >= 0.3 is 0 Å². The Morgan fingerprint density at radius 1 is 1.37 bits per heavy atom. The van der Waals surface area contributed by atoms with Crippen molar-refractivity contribution in [3.63, 3.8) is 0 Å². The number of hydrogen-bond donors (Lipinski definition) is 1. The topological polar surface area (TPSA) is 24.9 Å². The summed E-state index contributed by atoms with van der Waals surface area (Å²) in [5.74, 6) is 1.91. The fourth-order valence-electron chi connectivity index (χ4n) is 1.57. The van der Waals surface area contributed by atoms with Crippen LogP contribution in [-0.4, -0.2) is 16.3 Å². The predicted octanol–water partition coefficient (Wildman–Crippen LogP) is 4.42. The molecule has 1 heterocycles. The van der Waals surface area contributed by atoms with E-state index in [0.717, 1.165) is 18.2 Å². The molecule has 1 atom stereocenters. The second-order valence-corrected chi connectivity index (χ2v) is 7.40. The van der Waals surface area contributed by atoms with Crippen LogP contribution >= 0.6 is 11.8 Å². The first-order valence-electron chi connectivity index (χ1n) is 7.15. The highest BCUT2D eigenvalue weighted by Crippen LogP contribution is 2.23. The average molecular weight is 280 g/mol. The van der Waals surface area contributed by atoms with Crippen molar-refractivity contribution in [2.75, 3.05) is 5.75 Å². The summed E-state index contributed by atoms with van der Waals surface area (Å²) in [4.78, 5) is 4.61. The third kappa shape index (κ3) is 6.44. The summed E-state index contributed by atoms with van der Waals surface area (Å²) in [6.07, 6.45) is 3.24. The van der Waals surface area contributed by atoms with Crippen molar-refractivity contribution >= 4 is 11.8 Å². The summed E-state index contributed by atoms with van der Waals surface area (Å²) in [6.45, 7) is 14.1. The lowest BCUT2D eigenvalue weighted by Crippen LogP contribution is -2.35. The van der Waals surface area contributed by atoms with Crippen LogP contribution < -0.4 is 5.32 Å². The zero-order valence-electron chi connectivity index (χ0n) is 13.2. The van der Waals surface area contributed by atoms with Crippen molar-refractivity contribution in [2.45, 2.75) is 65.1 Å². The van der Waals surface area contributed by atoms with Crippen molar-refractivity contribution < 1.29 is 0 Å². The molecule has 0 saturated carbocycles. The maximum Gasteiger partial charge on any atom is 0.0989 e. The summed E-state index contributed by atoms with van der Waals surface area (Å²) in [6, 6.07) is 2.25. The Morgan fingerprint density at radius 3 is 2.58 bits per heavy atom. The van der Waals surface area contributed by atoms with E-state index in [-0.39, 0.29) is 5.54 Å². The summed E-state index contributed by atoms with van der Waals surface area (Å²) in [7, 11) is 0. The lowest BCUT2D eigenvalue weighted by Gasteiger charge is -2.20. The Hall–Kier alpha value is -0.540. The summed E-state index contributed by atoms with van der Waals surface area (Å²) >= 11 is 1.88. The van der Waals surface area contributed by atoms with Crippen LogP contribution in [0.4, 0.5) is 0 Å². The minimum atomic E-state index is 0.151. The van der Waals surface area contributed by atoms with Crippen molar-refractivity contribution in [2.24, 2.45) is 5.92 Å². The van der Waals surface area contributed by atoms with Crippen LogP contribution in [0.5, 0.6) is 0 Å². The van der Waals surface area contributed by atoms with Gasteiger partial charge in [-0.2, -0.15) is 0 Å². The quantitative estimate of drug-likeness (QED) is 0.781. The van der Waals surface area contributed by atoms with Crippen LogP contribution in [0.1, 0.15) is 52.2 Å². The number of aromatic nitrogens is 1. The van der Waals surface area contributed by atoms with Crippen molar-refractivity contribution in [3.05, 3.63) is 23.4 Å². The molecule has 0 aliphatic heterocycles. The third-order valence-electron chi connectivity index (χ3n) is 3.11. The molecule has 0 fully saturated rings. The highest BCUT2D eigenvalue weighted by Gasteiger charge is 2.10. The van der Waals surface area contributed by atoms with Gasteiger partial charge in [0.25, 0.3) is 0 Å². The molecule has 0 bridgehead atoms. The monoisotopic (exact) mass is 280 g/mol. The van der Waals surface area contributed by atoms with E-state index in [9.17, 15) is 0 Å². The van der Waals surface area contributed by atoms with Crippen LogP contribution in [0.2, 0.25) is 0 Å². The molecular weight excluding hydrogens is 252 g/mol. The highest BCUT2D eigenvalue weighted by atomic mass is 32.2. The zero-order valence-corrected chi connectivity index (χ0v) is 14.0. The summed E-state index contributed by atoms with van der Waals surface area (Å²) < 4.78 is 0. The maximum absolute atomic E-state index is 4.61. The molecule has 0 radical (unpaired) electrons. The molecular formula is C16H28N2S. The van der Waals surface area contributed by atoms with E-state index in [4.69, 9.17) is 0 Å². The molecule has 1 aromatic heterocycles. The minimum absolute atomic E-state index is 0.151. The first-order chi connectivity index (χ1) is 8.81. The number of thioether (sulfide) groups is 1. The van der Waals surface area contributed by atoms with E-state index in [1.165, 1.54) is 22.6 Å². The fourth-order valence-corrected chi connectivity index (χ4v) is 2.67. The normalized spacial score (nSPS) is 13.6. The third-order valence-corrected chi connectivity index (χ3v) is 4.55. The molecule has 2 nitrogen and oxygen atoms in total. The Kier molecular flexibility index (Phi) is 6.34. The van der Waals surface area contributed by atoms with E-state index < -0.39 is 0 Å². The number of hydrogen-bond acceptors (Lipinski definition) is 3. The molecule has 0 amide bonds. The van der Waals surface area contributed by atoms with Crippen molar-refractivity contribution in [1.29, 1.82) is 0 Å². The van der Waals surface area contributed by atoms with Crippen LogP contribution in [-0.2, 0) is 6.54 Å². The number of aryl methyl sites for hydroxylation is 1. The van der Waals surface area contributed by atoms with Gasteiger partial charge in [0.1, 0.15) is 0 Å².